The van der Waals surface area contributed by atoms with Crippen LogP contribution in [-0.2, 0) is 6.42 Å². The van der Waals surface area contributed by atoms with Crippen LogP contribution in [0.1, 0.15) is 29.0 Å². The molecule has 0 spiro atoms. The molecule has 8 N–H and O–H groups in total. The fraction of sp³-hybridized carbons (Fsp3) is 0.103. The molecule has 0 heterocycles. The van der Waals surface area contributed by atoms with E-state index in [4.69, 9.17) is 17.2 Å². The number of phenolic OH excluding ortho intramolecular Hbond substituents is 2. The van der Waals surface area contributed by atoms with Gasteiger partial charge < -0.3 is 27.4 Å². The average molecular weight is 447 g/mol. The van der Waals surface area contributed by atoms with Gasteiger partial charge in [-0.2, -0.15) is 0 Å². The normalized spacial score (nSPS) is 15.1. The Morgan fingerprint density at radius 1 is 0.794 bits per heavy atom. The summed E-state index contributed by atoms with van der Waals surface area (Å²) in [7, 11) is 0. The van der Waals surface area contributed by atoms with E-state index >= 15 is 0 Å². The van der Waals surface area contributed by atoms with Crippen LogP contribution in [-0.4, -0.2) is 10.2 Å². The molecule has 5 heteroatoms. The highest BCUT2D eigenvalue weighted by molar-refractivity contribution is 6.07. The van der Waals surface area contributed by atoms with Gasteiger partial charge in [-0.3, -0.25) is 0 Å². The van der Waals surface area contributed by atoms with Crippen molar-refractivity contribution >= 4 is 38.6 Å². The van der Waals surface area contributed by atoms with E-state index in [1.165, 1.54) is 11.1 Å². The molecule has 167 valence electrons. The first-order valence-corrected chi connectivity index (χ1v) is 11.3. The topological polar surface area (TPSA) is 119 Å². The summed E-state index contributed by atoms with van der Waals surface area (Å²) in [6.45, 7) is 0. The first-order chi connectivity index (χ1) is 16.4. The summed E-state index contributed by atoms with van der Waals surface area (Å²) in [4.78, 5) is 0. The summed E-state index contributed by atoms with van der Waals surface area (Å²) < 4.78 is 0. The second-order valence-electron chi connectivity index (χ2n) is 8.99. The van der Waals surface area contributed by atoms with Crippen molar-refractivity contribution in [1.29, 1.82) is 0 Å². The lowest BCUT2D eigenvalue weighted by Gasteiger charge is -2.23. The van der Waals surface area contributed by atoms with Gasteiger partial charge in [0.1, 0.15) is 11.5 Å². The van der Waals surface area contributed by atoms with Gasteiger partial charge in [0.05, 0.1) is 5.69 Å². The van der Waals surface area contributed by atoms with Crippen molar-refractivity contribution in [2.24, 2.45) is 0 Å². The zero-order valence-electron chi connectivity index (χ0n) is 18.5. The lowest BCUT2D eigenvalue weighted by Crippen LogP contribution is -2.04. The van der Waals surface area contributed by atoms with Gasteiger partial charge in [-0.25, -0.2) is 0 Å². The Kier molecular flexibility index (Phi) is 4.36. The maximum Gasteiger partial charge on any atom is 0.147 e. The number of nitrogen functional groups attached to an aromatic ring is 3. The van der Waals surface area contributed by atoms with Crippen molar-refractivity contribution in [3.05, 3.63) is 89.5 Å². The minimum absolute atomic E-state index is 0.0119. The monoisotopic (exact) mass is 446 g/mol. The van der Waals surface area contributed by atoms with Crippen LogP contribution >= 0.6 is 0 Å². The van der Waals surface area contributed by atoms with Gasteiger partial charge >= 0.3 is 0 Å². The third kappa shape index (κ3) is 2.87. The fourth-order valence-electron chi connectivity index (χ4n) is 5.51. The number of phenols is 2. The Bertz CT molecular complexity index is 1620. The van der Waals surface area contributed by atoms with Crippen LogP contribution in [0.25, 0.3) is 32.7 Å². The molecule has 0 aromatic heterocycles. The Labute approximate surface area is 197 Å². The van der Waals surface area contributed by atoms with Crippen molar-refractivity contribution in [3.63, 3.8) is 0 Å². The smallest absolute Gasteiger partial charge is 0.147 e. The molecule has 0 saturated heterocycles. The molecule has 0 fully saturated rings. The maximum absolute atomic E-state index is 11.4. The third-order valence-electron chi connectivity index (χ3n) is 7.07. The van der Waals surface area contributed by atoms with Gasteiger partial charge in [-0.15, -0.1) is 0 Å². The van der Waals surface area contributed by atoms with E-state index in [0.717, 1.165) is 34.9 Å². The first kappa shape index (κ1) is 20.2. The zero-order valence-corrected chi connectivity index (χ0v) is 18.5. The van der Waals surface area contributed by atoms with Gasteiger partial charge in [0.2, 0.25) is 0 Å². The van der Waals surface area contributed by atoms with E-state index < -0.39 is 0 Å². The highest BCUT2D eigenvalue weighted by Crippen LogP contribution is 2.52. The van der Waals surface area contributed by atoms with Crippen LogP contribution in [0.2, 0.25) is 0 Å². The van der Waals surface area contributed by atoms with Gasteiger partial charge in [-0.1, -0.05) is 42.5 Å². The Balaban J connectivity index is 1.72. The lowest BCUT2D eigenvalue weighted by atomic mass is 9.81. The minimum Gasteiger partial charge on any atom is -0.507 e. The number of benzene rings is 5. The molecule has 1 unspecified atom stereocenters. The third-order valence-corrected chi connectivity index (χ3v) is 7.07. The van der Waals surface area contributed by atoms with Crippen molar-refractivity contribution in [1.82, 2.24) is 0 Å². The summed E-state index contributed by atoms with van der Waals surface area (Å²) in [5.74, 6) is -0.0000617. The fourth-order valence-corrected chi connectivity index (χ4v) is 5.51. The van der Waals surface area contributed by atoms with Crippen LogP contribution in [0.5, 0.6) is 11.5 Å². The highest BCUT2D eigenvalue weighted by atomic mass is 16.3. The molecule has 1 aliphatic rings. The van der Waals surface area contributed by atoms with Gasteiger partial charge in [0.25, 0.3) is 0 Å². The molecule has 5 aromatic carbocycles. The summed E-state index contributed by atoms with van der Waals surface area (Å²) in [6.07, 6.45) is 1.77. The number of anilines is 3. The molecule has 1 atom stereocenters. The Morgan fingerprint density at radius 3 is 2.38 bits per heavy atom. The van der Waals surface area contributed by atoms with Crippen molar-refractivity contribution in [2.75, 3.05) is 17.2 Å². The van der Waals surface area contributed by atoms with Crippen LogP contribution in [0.3, 0.4) is 0 Å². The maximum atomic E-state index is 11.4. The summed E-state index contributed by atoms with van der Waals surface area (Å²) >= 11 is 0. The van der Waals surface area contributed by atoms with E-state index in [1.54, 1.807) is 18.2 Å². The van der Waals surface area contributed by atoms with Crippen molar-refractivity contribution in [3.8, 4) is 22.6 Å². The van der Waals surface area contributed by atoms with Crippen LogP contribution < -0.4 is 17.2 Å². The van der Waals surface area contributed by atoms with Gasteiger partial charge in [-0.05, 0) is 64.7 Å². The highest BCUT2D eigenvalue weighted by Gasteiger charge is 2.31. The molecule has 0 saturated carbocycles. The molecule has 0 amide bonds. The summed E-state index contributed by atoms with van der Waals surface area (Å²) in [5, 5.41) is 25.3. The standard InChI is InChI=1S/C29H24N3O2/c30-17-9-11-18-15(12-17)8-10-21(18)27-20-4-1-2-5-22(20)28(32)29(34)26(27)16-13-23-19(25(33)14-16)6-3-7-24(23)31/h1-7,9,11-13,21,33-34H,8,10,30-32H2. The molecule has 5 aromatic rings. The predicted octanol–water partition coefficient (Wildman–Crippen LogP) is 5.70. The SMILES string of the molecule is Nc1ccc2c(c1)CCC2c1c(-c2[c]c(O)c3cccc(N)c3c2)c(O)c(N)c2ccccc12. The number of aromatic hydroxyl groups is 2. The van der Waals surface area contributed by atoms with Crippen LogP contribution in [0.15, 0.2) is 66.7 Å². The molecule has 6 rings (SSSR count). The molecule has 0 aliphatic heterocycles. The first-order valence-electron chi connectivity index (χ1n) is 11.3. The minimum atomic E-state index is -0.0172. The van der Waals surface area contributed by atoms with Gasteiger partial charge in [0, 0.05) is 45.1 Å². The average Bonchev–Trinajstić information content (AvgIpc) is 3.24. The molecular weight excluding hydrogens is 422 g/mol. The van der Waals surface area contributed by atoms with Crippen LogP contribution in [0.4, 0.5) is 17.1 Å². The molecule has 1 aliphatic carbocycles. The second kappa shape index (κ2) is 7.32. The molecule has 1 radical (unpaired) electrons. The number of rotatable bonds is 2. The Morgan fingerprint density at radius 2 is 1.56 bits per heavy atom. The van der Waals surface area contributed by atoms with E-state index in [1.807, 2.05) is 42.5 Å². The number of hydrogen-bond donors (Lipinski definition) is 5. The van der Waals surface area contributed by atoms with Crippen molar-refractivity contribution < 1.29 is 10.2 Å². The van der Waals surface area contributed by atoms with E-state index in [0.29, 0.717) is 33.3 Å². The molecule has 0 bridgehead atoms. The number of nitrogens with two attached hydrogens (primary N) is 3. The second-order valence-corrected chi connectivity index (χ2v) is 8.99. The number of hydrogen-bond acceptors (Lipinski definition) is 5. The van der Waals surface area contributed by atoms with E-state index in [-0.39, 0.29) is 17.4 Å². The predicted molar refractivity (Wildman–Crippen MR) is 139 cm³/mol. The molecular formula is C29H24N3O2. The summed E-state index contributed by atoms with van der Waals surface area (Å²) in [5.41, 5.74) is 24.8. The Hall–Kier alpha value is -4.38. The quantitative estimate of drug-likeness (QED) is 0.176. The molecule has 34 heavy (non-hydrogen) atoms. The largest absolute Gasteiger partial charge is 0.507 e. The van der Waals surface area contributed by atoms with Gasteiger partial charge in [0.15, 0.2) is 0 Å². The van der Waals surface area contributed by atoms with E-state index in [2.05, 4.69) is 12.1 Å². The lowest BCUT2D eigenvalue weighted by molar-refractivity contribution is 0.478. The zero-order chi connectivity index (χ0) is 23.6. The number of fused-ring (bicyclic) bond motifs is 3. The number of aryl methyl sites for hydroxylation is 1. The summed E-state index contributed by atoms with van der Waals surface area (Å²) in [6, 6.07) is 24.2. The van der Waals surface area contributed by atoms with Crippen molar-refractivity contribution in [2.45, 2.75) is 18.8 Å². The van der Waals surface area contributed by atoms with E-state index in [9.17, 15) is 10.2 Å². The molecule has 5 nitrogen and oxygen atoms in total. The van der Waals surface area contributed by atoms with Crippen LogP contribution in [0, 0.1) is 6.07 Å².